The van der Waals surface area contributed by atoms with Crippen molar-refractivity contribution < 1.29 is 4.52 Å². The van der Waals surface area contributed by atoms with E-state index in [-0.39, 0.29) is 5.54 Å². The summed E-state index contributed by atoms with van der Waals surface area (Å²) in [5, 5.41) is 7.47. The second-order valence-electron chi connectivity index (χ2n) is 5.37. The molecular weight excluding hydrogens is 254 g/mol. The Morgan fingerprint density at radius 1 is 1.30 bits per heavy atom. The first kappa shape index (κ1) is 13.2. The van der Waals surface area contributed by atoms with Crippen LogP contribution in [0.2, 0.25) is 0 Å². The Balaban J connectivity index is 1.77. The summed E-state index contributed by atoms with van der Waals surface area (Å²) in [6, 6.07) is 1.78. The molecule has 1 aliphatic rings. The minimum absolute atomic E-state index is 0.105. The van der Waals surface area contributed by atoms with E-state index in [0.717, 1.165) is 19.3 Å². The molecule has 0 amide bonds. The molecular formula is C14H19N5O. The molecule has 6 heteroatoms. The second kappa shape index (κ2) is 5.66. The molecule has 106 valence electrons. The number of nitrogens with one attached hydrogen (secondary N) is 1. The molecule has 20 heavy (non-hydrogen) atoms. The molecule has 0 aliphatic heterocycles. The van der Waals surface area contributed by atoms with Gasteiger partial charge in [-0.3, -0.25) is 0 Å². The quantitative estimate of drug-likeness (QED) is 0.918. The molecule has 0 spiro atoms. The Morgan fingerprint density at radius 2 is 2.15 bits per heavy atom. The summed E-state index contributed by atoms with van der Waals surface area (Å²) in [4.78, 5) is 12.5. The lowest BCUT2D eigenvalue weighted by Crippen LogP contribution is -2.46. The lowest BCUT2D eigenvalue weighted by atomic mass is 9.79. The third kappa shape index (κ3) is 2.70. The van der Waals surface area contributed by atoms with Crippen LogP contribution in [0, 0.1) is 0 Å². The topological polar surface area (TPSA) is 76.7 Å². The Hall–Kier alpha value is -1.82. The summed E-state index contributed by atoms with van der Waals surface area (Å²) >= 11 is 0. The van der Waals surface area contributed by atoms with Gasteiger partial charge in [-0.15, -0.1) is 0 Å². The van der Waals surface area contributed by atoms with Gasteiger partial charge in [0.05, 0.1) is 0 Å². The number of nitrogens with zero attached hydrogens (tertiary/aromatic N) is 4. The van der Waals surface area contributed by atoms with Crippen molar-refractivity contribution >= 4 is 0 Å². The average Bonchev–Trinajstić information content (AvgIpc) is 2.97. The summed E-state index contributed by atoms with van der Waals surface area (Å²) in [6.45, 7) is 0. The first-order valence-corrected chi connectivity index (χ1v) is 7.09. The van der Waals surface area contributed by atoms with Gasteiger partial charge in [-0.05, 0) is 26.0 Å². The standard InChI is InChI=1S/C14H19N5O/c1-15-14(6-3-2-4-7-14)9-12-18-13(19-20-12)11-5-8-16-10-17-11/h5,8,10,15H,2-4,6-7,9H2,1H3. The van der Waals surface area contributed by atoms with Crippen molar-refractivity contribution in [3.8, 4) is 11.5 Å². The number of hydrogen-bond acceptors (Lipinski definition) is 6. The first-order valence-electron chi connectivity index (χ1n) is 7.09. The smallest absolute Gasteiger partial charge is 0.228 e. The molecule has 1 N–H and O–H groups in total. The molecule has 0 atom stereocenters. The Morgan fingerprint density at radius 3 is 2.85 bits per heavy atom. The molecule has 1 fully saturated rings. The zero-order chi connectivity index (χ0) is 13.8. The zero-order valence-electron chi connectivity index (χ0n) is 11.7. The molecule has 2 aromatic heterocycles. The van der Waals surface area contributed by atoms with Crippen molar-refractivity contribution in [1.29, 1.82) is 0 Å². The van der Waals surface area contributed by atoms with Gasteiger partial charge in [-0.2, -0.15) is 4.98 Å². The van der Waals surface area contributed by atoms with E-state index in [0.29, 0.717) is 17.4 Å². The highest BCUT2D eigenvalue weighted by molar-refractivity contribution is 5.46. The monoisotopic (exact) mass is 273 g/mol. The maximum absolute atomic E-state index is 5.39. The molecule has 2 heterocycles. The van der Waals surface area contributed by atoms with Gasteiger partial charge in [-0.25, -0.2) is 9.97 Å². The van der Waals surface area contributed by atoms with Gasteiger partial charge in [0.25, 0.3) is 0 Å². The van der Waals surface area contributed by atoms with Crippen molar-refractivity contribution in [2.45, 2.75) is 44.1 Å². The highest BCUT2D eigenvalue weighted by Gasteiger charge is 2.32. The van der Waals surface area contributed by atoms with Crippen LogP contribution in [-0.2, 0) is 6.42 Å². The van der Waals surface area contributed by atoms with Crippen molar-refractivity contribution in [3.05, 3.63) is 24.5 Å². The van der Waals surface area contributed by atoms with Gasteiger partial charge in [0.2, 0.25) is 11.7 Å². The van der Waals surface area contributed by atoms with Gasteiger partial charge >= 0.3 is 0 Å². The summed E-state index contributed by atoms with van der Waals surface area (Å²) in [7, 11) is 2.02. The number of aromatic nitrogens is 4. The van der Waals surface area contributed by atoms with Gasteiger partial charge in [0, 0.05) is 18.2 Å². The molecule has 3 rings (SSSR count). The van der Waals surface area contributed by atoms with Crippen molar-refractivity contribution in [2.75, 3.05) is 7.05 Å². The molecule has 6 nitrogen and oxygen atoms in total. The lowest BCUT2D eigenvalue weighted by molar-refractivity contribution is 0.221. The lowest BCUT2D eigenvalue weighted by Gasteiger charge is -2.36. The van der Waals surface area contributed by atoms with Crippen molar-refractivity contribution in [3.63, 3.8) is 0 Å². The van der Waals surface area contributed by atoms with Crippen LogP contribution in [-0.4, -0.2) is 32.7 Å². The van der Waals surface area contributed by atoms with Gasteiger partial charge in [0.1, 0.15) is 12.0 Å². The largest absolute Gasteiger partial charge is 0.339 e. The van der Waals surface area contributed by atoms with E-state index in [1.54, 1.807) is 12.3 Å². The third-order valence-corrected chi connectivity index (χ3v) is 4.11. The molecule has 1 aliphatic carbocycles. The minimum Gasteiger partial charge on any atom is -0.339 e. The summed E-state index contributed by atoms with van der Waals surface area (Å²) in [5.41, 5.74) is 0.797. The second-order valence-corrected chi connectivity index (χ2v) is 5.37. The fraction of sp³-hybridized carbons (Fsp3) is 0.571. The molecule has 0 radical (unpaired) electrons. The van der Waals surface area contributed by atoms with E-state index >= 15 is 0 Å². The Labute approximate surface area is 118 Å². The van der Waals surface area contributed by atoms with E-state index in [1.165, 1.54) is 25.6 Å². The van der Waals surface area contributed by atoms with Crippen LogP contribution in [0.15, 0.2) is 23.1 Å². The third-order valence-electron chi connectivity index (χ3n) is 4.11. The SMILES string of the molecule is CNC1(Cc2nc(-c3ccncn3)no2)CCCCC1. The predicted molar refractivity (Wildman–Crippen MR) is 73.9 cm³/mol. The summed E-state index contributed by atoms with van der Waals surface area (Å²) < 4.78 is 5.39. The fourth-order valence-corrected chi connectivity index (χ4v) is 2.89. The highest BCUT2D eigenvalue weighted by atomic mass is 16.5. The van der Waals surface area contributed by atoms with E-state index in [2.05, 4.69) is 25.4 Å². The van der Waals surface area contributed by atoms with Crippen LogP contribution in [0.3, 0.4) is 0 Å². The molecule has 0 aromatic carbocycles. The number of rotatable bonds is 4. The van der Waals surface area contributed by atoms with Crippen LogP contribution in [0.25, 0.3) is 11.5 Å². The van der Waals surface area contributed by atoms with Gasteiger partial charge < -0.3 is 9.84 Å². The summed E-state index contributed by atoms with van der Waals surface area (Å²) in [6.07, 6.45) is 10.1. The molecule has 0 unspecified atom stereocenters. The molecule has 1 saturated carbocycles. The van der Waals surface area contributed by atoms with Gasteiger partial charge in [0.15, 0.2) is 0 Å². The van der Waals surface area contributed by atoms with Crippen LogP contribution in [0.4, 0.5) is 0 Å². The molecule has 0 saturated heterocycles. The Kier molecular flexibility index (Phi) is 3.73. The Bertz CT molecular complexity index is 548. The normalized spacial score (nSPS) is 18.1. The zero-order valence-corrected chi connectivity index (χ0v) is 11.7. The fourth-order valence-electron chi connectivity index (χ4n) is 2.89. The highest BCUT2D eigenvalue weighted by Crippen LogP contribution is 2.31. The van der Waals surface area contributed by atoms with Crippen LogP contribution in [0.1, 0.15) is 38.0 Å². The molecule has 0 bridgehead atoms. The maximum Gasteiger partial charge on any atom is 0.228 e. The minimum atomic E-state index is 0.105. The number of hydrogen-bond donors (Lipinski definition) is 1. The van der Waals surface area contributed by atoms with Crippen LogP contribution < -0.4 is 5.32 Å². The van der Waals surface area contributed by atoms with Crippen LogP contribution >= 0.6 is 0 Å². The van der Waals surface area contributed by atoms with Crippen molar-refractivity contribution in [1.82, 2.24) is 25.4 Å². The summed E-state index contributed by atoms with van der Waals surface area (Å²) in [5.74, 6) is 1.21. The van der Waals surface area contributed by atoms with E-state index in [9.17, 15) is 0 Å². The van der Waals surface area contributed by atoms with E-state index in [4.69, 9.17) is 4.52 Å². The predicted octanol–water partition coefficient (Wildman–Crippen LogP) is 1.99. The molecule has 2 aromatic rings. The van der Waals surface area contributed by atoms with Crippen LogP contribution in [0.5, 0.6) is 0 Å². The maximum atomic E-state index is 5.39. The van der Waals surface area contributed by atoms with E-state index < -0.39 is 0 Å². The average molecular weight is 273 g/mol. The number of likely N-dealkylation sites (N-methyl/N-ethyl adjacent to an activating group) is 1. The van der Waals surface area contributed by atoms with Crippen molar-refractivity contribution in [2.24, 2.45) is 0 Å². The van der Waals surface area contributed by atoms with E-state index in [1.807, 2.05) is 7.05 Å². The van der Waals surface area contributed by atoms with Gasteiger partial charge in [-0.1, -0.05) is 24.4 Å². The first-order chi connectivity index (χ1) is 9.81.